The van der Waals surface area contributed by atoms with Crippen molar-refractivity contribution < 1.29 is 18.6 Å². The first kappa shape index (κ1) is 19.7. The third-order valence-corrected chi connectivity index (χ3v) is 6.20. The Kier molecular flexibility index (Phi) is 4.72. The van der Waals surface area contributed by atoms with Crippen LogP contribution in [-0.4, -0.2) is 36.6 Å². The molecule has 0 aliphatic carbocycles. The Hall–Kier alpha value is -1.07. The van der Waals surface area contributed by atoms with E-state index >= 15 is 0 Å². The molecule has 2 aliphatic rings. The smallest absolute Gasteiger partial charge is 0.400 e. The molecule has 6 heteroatoms. The molecule has 0 atom stereocenters. The maximum Gasteiger partial charge on any atom is 0.494 e. The van der Waals surface area contributed by atoms with E-state index < -0.39 is 25.4 Å². The van der Waals surface area contributed by atoms with Crippen LogP contribution in [0.4, 0.5) is 0 Å². The molecular formula is C20H30B2O4. The minimum Gasteiger partial charge on any atom is -0.400 e. The van der Waals surface area contributed by atoms with Crippen LogP contribution >= 0.6 is 0 Å². The van der Waals surface area contributed by atoms with E-state index in [9.17, 15) is 0 Å². The second kappa shape index (κ2) is 6.23. The van der Waals surface area contributed by atoms with Crippen molar-refractivity contribution in [2.45, 2.75) is 77.8 Å². The lowest BCUT2D eigenvalue weighted by molar-refractivity contribution is 0.00578. The average molecular weight is 356 g/mol. The second-order valence-electron chi connectivity index (χ2n) is 9.20. The first-order chi connectivity index (χ1) is 11.8. The van der Waals surface area contributed by atoms with E-state index in [1.165, 1.54) is 0 Å². The summed E-state index contributed by atoms with van der Waals surface area (Å²) in [4.78, 5) is 0. The summed E-state index contributed by atoms with van der Waals surface area (Å²) in [7, 11) is -0.921. The van der Waals surface area contributed by atoms with Crippen LogP contribution in [0.3, 0.4) is 0 Å². The van der Waals surface area contributed by atoms with E-state index in [0.29, 0.717) is 0 Å². The molecule has 26 heavy (non-hydrogen) atoms. The van der Waals surface area contributed by atoms with Crippen molar-refractivity contribution in [1.82, 2.24) is 0 Å². The van der Waals surface area contributed by atoms with Gasteiger partial charge in [-0.1, -0.05) is 36.3 Å². The minimum atomic E-state index is -0.471. The fourth-order valence-corrected chi connectivity index (χ4v) is 3.01. The predicted molar refractivity (Wildman–Crippen MR) is 107 cm³/mol. The second-order valence-corrected chi connectivity index (χ2v) is 9.20. The molecule has 2 saturated heterocycles. The number of hydrogen-bond donors (Lipinski definition) is 0. The van der Waals surface area contributed by atoms with Gasteiger partial charge in [0.15, 0.2) is 0 Å². The lowest BCUT2D eigenvalue weighted by atomic mass is 9.68. The lowest BCUT2D eigenvalue weighted by Gasteiger charge is -2.32. The summed E-state index contributed by atoms with van der Waals surface area (Å²) in [6.07, 6.45) is 0. The fourth-order valence-electron chi connectivity index (χ4n) is 3.01. The molecule has 0 saturated carbocycles. The van der Waals surface area contributed by atoms with Gasteiger partial charge in [0.05, 0.1) is 22.4 Å². The third kappa shape index (κ3) is 3.40. The average Bonchev–Trinajstić information content (AvgIpc) is 2.85. The van der Waals surface area contributed by atoms with Crippen LogP contribution in [0.15, 0.2) is 36.3 Å². The summed E-state index contributed by atoms with van der Waals surface area (Å²) >= 11 is 0. The van der Waals surface area contributed by atoms with Crippen molar-refractivity contribution >= 4 is 19.7 Å². The molecule has 2 fully saturated rings. The minimum absolute atomic E-state index is 0.383. The van der Waals surface area contributed by atoms with E-state index in [0.717, 1.165) is 11.0 Å². The summed E-state index contributed by atoms with van der Waals surface area (Å²) in [6, 6.07) is 10.1. The molecule has 0 spiro atoms. The summed E-state index contributed by atoms with van der Waals surface area (Å²) in [5.41, 5.74) is 0.407. The van der Waals surface area contributed by atoms with Crippen molar-refractivity contribution in [3.8, 4) is 0 Å². The normalized spacial score (nSPS) is 26.4. The van der Waals surface area contributed by atoms with Gasteiger partial charge in [-0.25, -0.2) is 0 Å². The van der Waals surface area contributed by atoms with Gasteiger partial charge in [0, 0.05) is 0 Å². The number of rotatable bonds is 3. The molecule has 1 aromatic carbocycles. The molecule has 0 aromatic heterocycles. The highest BCUT2D eigenvalue weighted by molar-refractivity contribution is 6.72. The lowest BCUT2D eigenvalue weighted by Crippen LogP contribution is -2.41. The van der Waals surface area contributed by atoms with Crippen LogP contribution in [0.5, 0.6) is 0 Å². The topological polar surface area (TPSA) is 36.9 Å². The monoisotopic (exact) mass is 356 g/mol. The van der Waals surface area contributed by atoms with Crippen LogP contribution in [0.2, 0.25) is 0 Å². The van der Waals surface area contributed by atoms with Crippen LogP contribution in [-0.2, 0) is 18.6 Å². The SMILES string of the molecule is CC1(C)OB(C=C(B2OC(C)(C)C(C)(C)O2)c2ccccc2)OC1(C)C. The van der Waals surface area contributed by atoms with Crippen LogP contribution in [0.25, 0.3) is 5.47 Å². The summed E-state index contributed by atoms with van der Waals surface area (Å²) in [5.74, 6) is 1.99. The van der Waals surface area contributed by atoms with Gasteiger partial charge in [0.25, 0.3) is 0 Å². The molecule has 2 heterocycles. The molecule has 3 rings (SSSR count). The number of benzene rings is 1. The highest BCUT2D eigenvalue weighted by Crippen LogP contribution is 2.42. The zero-order chi connectivity index (χ0) is 19.4. The molecule has 1 aromatic rings. The van der Waals surface area contributed by atoms with Crippen molar-refractivity contribution in [3.63, 3.8) is 0 Å². The summed E-state index contributed by atoms with van der Waals surface area (Å²) in [6.45, 7) is 16.5. The Bertz CT molecular complexity index is 663. The van der Waals surface area contributed by atoms with Gasteiger partial charge in [0.1, 0.15) is 0 Å². The Morgan fingerprint density at radius 3 is 1.58 bits per heavy atom. The molecule has 140 valence electrons. The largest absolute Gasteiger partial charge is 0.494 e. The Labute approximate surface area is 158 Å². The summed E-state index contributed by atoms with van der Waals surface area (Å²) in [5, 5.41) is 0. The van der Waals surface area contributed by atoms with Gasteiger partial charge in [-0.05, 0) is 66.4 Å². The van der Waals surface area contributed by atoms with Crippen molar-refractivity contribution in [2.75, 3.05) is 0 Å². The Balaban J connectivity index is 1.97. The molecule has 0 radical (unpaired) electrons. The molecule has 2 aliphatic heterocycles. The third-order valence-electron chi connectivity index (χ3n) is 6.20. The van der Waals surface area contributed by atoms with Crippen molar-refractivity contribution in [2.24, 2.45) is 0 Å². The first-order valence-corrected chi connectivity index (χ1v) is 9.33. The molecule has 0 amide bonds. The van der Waals surface area contributed by atoms with E-state index in [1.807, 2.05) is 24.2 Å². The standard InChI is InChI=1S/C20H30B2O4/c1-17(2)18(3,4)24-21(23-17)14-16(15-12-10-9-11-13-15)22-25-19(5,6)20(7,8)26-22/h9-14H,1-8H3. The van der Waals surface area contributed by atoms with Crippen LogP contribution in [0, 0.1) is 0 Å². The van der Waals surface area contributed by atoms with Gasteiger partial charge in [0.2, 0.25) is 0 Å². The Morgan fingerprint density at radius 2 is 1.12 bits per heavy atom. The van der Waals surface area contributed by atoms with Gasteiger partial charge in [-0.2, -0.15) is 0 Å². The van der Waals surface area contributed by atoms with E-state index in [2.05, 4.69) is 67.5 Å². The van der Waals surface area contributed by atoms with E-state index in [-0.39, 0.29) is 11.2 Å². The van der Waals surface area contributed by atoms with Crippen LogP contribution in [0.1, 0.15) is 61.0 Å². The van der Waals surface area contributed by atoms with Crippen molar-refractivity contribution in [3.05, 3.63) is 41.9 Å². The van der Waals surface area contributed by atoms with Gasteiger partial charge in [-0.15, -0.1) is 0 Å². The van der Waals surface area contributed by atoms with E-state index in [1.54, 1.807) is 0 Å². The molecule has 0 N–H and O–H groups in total. The molecule has 0 unspecified atom stereocenters. The maximum atomic E-state index is 6.29. The maximum absolute atomic E-state index is 6.29. The zero-order valence-electron chi connectivity index (χ0n) is 17.3. The fraction of sp³-hybridized carbons (Fsp3) is 0.600. The van der Waals surface area contributed by atoms with Gasteiger partial charge < -0.3 is 18.6 Å². The molecule has 0 bridgehead atoms. The quantitative estimate of drug-likeness (QED) is 0.756. The highest BCUT2D eigenvalue weighted by atomic mass is 16.7. The van der Waals surface area contributed by atoms with E-state index in [4.69, 9.17) is 18.6 Å². The van der Waals surface area contributed by atoms with Gasteiger partial charge >= 0.3 is 14.2 Å². The highest BCUT2D eigenvalue weighted by Gasteiger charge is 2.54. The number of hydrogen-bond acceptors (Lipinski definition) is 4. The molecular weight excluding hydrogens is 326 g/mol. The van der Waals surface area contributed by atoms with Crippen LogP contribution < -0.4 is 0 Å². The zero-order valence-corrected chi connectivity index (χ0v) is 17.3. The predicted octanol–water partition coefficient (Wildman–Crippen LogP) is 4.33. The van der Waals surface area contributed by atoms with Crippen molar-refractivity contribution in [1.29, 1.82) is 0 Å². The summed E-state index contributed by atoms with van der Waals surface area (Å²) < 4.78 is 24.9. The molecule has 4 nitrogen and oxygen atoms in total. The Morgan fingerprint density at radius 1 is 0.692 bits per heavy atom. The first-order valence-electron chi connectivity index (χ1n) is 9.33. The van der Waals surface area contributed by atoms with Gasteiger partial charge in [-0.3, -0.25) is 0 Å².